The molecule has 0 heteroatoms. The van der Waals surface area contributed by atoms with Crippen LogP contribution in [0.1, 0.15) is 32.0 Å². The molecule has 0 unspecified atom stereocenters. The van der Waals surface area contributed by atoms with Crippen LogP contribution in [0.15, 0.2) is 18.2 Å². The van der Waals surface area contributed by atoms with E-state index >= 15 is 0 Å². The fourth-order valence-electron chi connectivity index (χ4n) is 1.43. The van der Waals surface area contributed by atoms with E-state index in [2.05, 4.69) is 51.8 Å². The number of rotatable bonds is 2. The summed E-state index contributed by atoms with van der Waals surface area (Å²) in [5, 5.41) is 0. The van der Waals surface area contributed by atoms with Gasteiger partial charge < -0.3 is 0 Å². The molecule has 0 aliphatic carbocycles. The molecule has 0 N–H and O–H groups in total. The maximum atomic E-state index is 4.00. The van der Waals surface area contributed by atoms with Crippen molar-refractivity contribution in [2.75, 3.05) is 0 Å². The highest BCUT2D eigenvalue weighted by Crippen LogP contribution is 2.12. The second-order valence-corrected chi connectivity index (χ2v) is 2.98. The molecule has 0 heterocycles. The molecule has 0 aliphatic rings. The Morgan fingerprint density at radius 1 is 1.08 bits per heavy atom. The summed E-state index contributed by atoms with van der Waals surface area (Å²) in [4.78, 5) is 0. The van der Waals surface area contributed by atoms with E-state index in [1.165, 1.54) is 16.7 Å². The maximum Gasteiger partial charge on any atom is 0 e. The van der Waals surface area contributed by atoms with Crippen molar-refractivity contribution in [3.05, 3.63) is 34.9 Å². The summed E-state index contributed by atoms with van der Waals surface area (Å²) in [6.45, 7) is 6.58. The lowest BCUT2D eigenvalue weighted by Crippen LogP contribution is -1.90. The molecule has 0 radical (unpaired) electrons. The van der Waals surface area contributed by atoms with Gasteiger partial charge in [-0.15, -0.1) is 12.8 Å². The van der Waals surface area contributed by atoms with Gasteiger partial charge in [-0.1, -0.05) is 37.6 Å². The standard InChI is InChI=1S/C11H16.C2H2.H2/c1-4-10-7-6-9(3)8-11(10)5-2;1-2;/h6-8H,4-5H2,1-3H3;1-2H;1H. The van der Waals surface area contributed by atoms with Gasteiger partial charge in [0.1, 0.15) is 0 Å². The van der Waals surface area contributed by atoms with E-state index in [1.807, 2.05) is 0 Å². The van der Waals surface area contributed by atoms with Crippen LogP contribution in [0.5, 0.6) is 0 Å². The Balaban J connectivity index is 0. The highest BCUT2D eigenvalue weighted by atomic mass is 14.0. The lowest BCUT2D eigenvalue weighted by atomic mass is 10.0. The van der Waals surface area contributed by atoms with Crippen LogP contribution in [-0.2, 0) is 12.8 Å². The highest BCUT2D eigenvalue weighted by molar-refractivity contribution is 5.31. The molecule has 0 bridgehead atoms. The number of terminal acetylenes is 1. The molecule has 72 valence electrons. The summed E-state index contributed by atoms with van der Waals surface area (Å²) < 4.78 is 0. The Bertz CT molecular complexity index is 274. The van der Waals surface area contributed by atoms with Gasteiger partial charge in [-0.2, -0.15) is 0 Å². The molecule has 0 aliphatic heterocycles. The van der Waals surface area contributed by atoms with Gasteiger partial charge in [-0.25, -0.2) is 0 Å². The first-order valence-corrected chi connectivity index (χ1v) is 4.69. The summed E-state index contributed by atoms with van der Waals surface area (Å²) in [7, 11) is 0. The van der Waals surface area contributed by atoms with E-state index in [4.69, 9.17) is 0 Å². The topological polar surface area (TPSA) is 0 Å². The van der Waals surface area contributed by atoms with Gasteiger partial charge in [-0.3, -0.25) is 0 Å². The molecule has 0 atom stereocenters. The van der Waals surface area contributed by atoms with Gasteiger partial charge in [0.15, 0.2) is 0 Å². The van der Waals surface area contributed by atoms with E-state index in [-0.39, 0.29) is 1.43 Å². The van der Waals surface area contributed by atoms with Gasteiger partial charge in [-0.05, 0) is 30.9 Å². The predicted molar refractivity (Wildman–Crippen MR) is 61.9 cm³/mol. The molecular weight excluding hydrogens is 156 g/mol. The van der Waals surface area contributed by atoms with Gasteiger partial charge in [0.05, 0.1) is 0 Å². The summed E-state index contributed by atoms with van der Waals surface area (Å²) in [6, 6.07) is 6.73. The quantitative estimate of drug-likeness (QED) is 0.604. The third-order valence-electron chi connectivity index (χ3n) is 2.12. The largest absolute Gasteiger partial charge is 0.124 e. The Morgan fingerprint density at radius 2 is 1.62 bits per heavy atom. The molecule has 0 fully saturated rings. The van der Waals surface area contributed by atoms with Crippen molar-refractivity contribution >= 4 is 0 Å². The summed E-state index contributed by atoms with van der Waals surface area (Å²) in [5.41, 5.74) is 4.38. The average molecular weight is 176 g/mol. The lowest BCUT2D eigenvalue weighted by molar-refractivity contribution is 1.03. The molecule has 13 heavy (non-hydrogen) atoms. The first-order valence-electron chi connectivity index (χ1n) is 4.69. The third-order valence-corrected chi connectivity index (χ3v) is 2.12. The van der Waals surface area contributed by atoms with Crippen molar-refractivity contribution < 1.29 is 1.43 Å². The summed E-state index contributed by atoms with van der Waals surface area (Å²) in [6.07, 6.45) is 10.3. The minimum Gasteiger partial charge on any atom is -0.124 e. The maximum absolute atomic E-state index is 4.00. The first-order chi connectivity index (χ1) is 6.27. The molecule has 0 amide bonds. The zero-order valence-corrected chi connectivity index (χ0v) is 8.80. The Hall–Kier alpha value is -1.22. The van der Waals surface area contributed by atoms with E-state index in [9.17, 15) is 0 Å². The van der Waals surface area contributed by atoms with Gasteiger partial charge >= 0.3 is 0 Å². The lowest BCUT2D eigenvalue weighted by Gasteiger charge is -2.05. The average Bonchev–Trinajstić information content (AvgIpc) is 2.20. The smallest absolute Gasteiger partial charge is 0 e. The SMILES string of the molecule is C#C.CCc1ccc(C)cc1CC.[HH]. The van der Waals surface area contributed by atoms with Crippen molar-refractivity contribution in [3.63, 3.8) is 0 Å². The summed E-state index contributed by atoms with van der Waals surface area (Å²) >= 11 is 0. The second kappa shape index (κ2) is 6.31. The molecule has 0 saturated heterocycles. The molecule has 0 nitrogen and oxygen atoms in total. The van der Waals surface area contributed by atoms with E-state index in [0.29, 0.717) is 0 Å². The summed E-state index contributed by atoms with van der Waals surface area (Å²) in [5.74, 6) is 0. The number of benzene rings is 1. The number of hydrogen-bond donors (Lipinski definition) is 0. The first kappa shape index (κ1) is 11.8. The Labute approximate surface area is 83.5 Å². The monoisotopic (exact) mass is 176 g/mol. The zero-order valence-electron chi connectivity index (χ0n) is 8.80. The van der Waals surface area contributed by atoms with Gasteiger partial charge in [0, 0.05) is 1.43 Å². The van der Waals surface area contributed by atoms with Crippen LogP contribution in [0.3, 0.4) is 0 Å². The number of aryl methyl sites for hydroxylation is 3. The van der Waals surface area contributed by atoms with Crippen LogP contribution in [0.2, 0.25) is 0 Å². The van der Waals surface area contributed by atoms with Crippen LogP contribution >= 0.6 is 0 Å². The van der Waals surface area contributed by atoms with E-state index in [1.54, 1.807) is 0 Å². The minimum absolute atomic E-state index is 0. The van der Waals surface area contributed by atoms with Crippen molar-refractivity contribution in [2.24, 2.45) is 0 Å². The third kappa shape index (κ3) is 3.34. The van der Waals surface area contributed by atoms with Crippen molar-refractivity contribution in [2.45, 2.75) is 33.6 Å². The van der Waals surface area contributed by atoms with Crippen LogP contribution < -0.4 is 0 Å². The molecule has 1 rings (SSSR count). The van der Waals surface area contributed by atoms with Crippen LogP contribution in [0, 0.1) is 19.8 Å². The van der Waals surface area contributed by atoms with E-state index in [0.717, 1.165) is 12.8 Å². The highest BCUT2D eigenvalue weighted by Gasteiger charge is 1.96. The molecule has 0 aromatic heterocycles. The molecular formula is C13H20. The van der Waals surface area contributed by atoms with Crippen molar-refractivity contribution in [3.8, 4) is 12.8 Å². The predicted octanol–water partition coefficient (Wildman–Crippen LogP) is 3.62. The normalized spacial score (nSPS) is 8.69. The minimum atomic E-state index is 0. The van der Waals surface area contributed by atoms with Gasteiger partial charge in [0.2, 0.25) is 0 Å². The molecule has 1 aromatic rings. The molecule has 0 saturated carbocycles. The Morgan fingerprint density at radius 3 is 2.08 bits per heavy atom. The van der Waals surface area contributed by atoms with Gasteiger partial charge in [0.25, 0.3) is 0 Å². The van der Waals surface area contributed by atoms with E-state index < -0.39 is 0 Å². The van der Waals surface area contributed by atoms with Crippen molar-refractivity contribution in [1.82, 2.24) is 0 Å². The second-order valence-electron chi connectivity index (χ2n) is 2.98. The van der Waals surface area contributed by atoms with Crippen LogP contribution in [0.25, 0.3) is 0 Å². The molecule has 1 aromatic carbocycles. The fourth-order valence-corrected chi connectivity index (χ4v) is 1.43. The number of hydrogen-bond acceptors (Lipinski definition) is 0. The van der Waals surface area contributed by atoms with Crippen LogP contribution in [-0.4, -0.2) is 0 Å². The zero-order chi connectivity index (χ0) is 10.3. The van der Waals surface area contributed by atoms with Crippen LogP contribution in [0.4, 0.5) is 0 Å². The van der Waals surface area contributed by atoms with Crippen molar-refractivity contribution in [1.29, 1.82) is 0 Å². The Kier molecular flexibility index (Phi) is 5.72. The fraction of sp³-hybridized carbons (Fsp3) is 0.385. The molecule has 0 spiro atoms.